The maximum absolute atomic E-state index is 13.6. The third-order valence-corrected chi connectivity index (χ3v) is 3.97. The normalized spacial score (nSPS) is 20.9. The van der Waals surface area contributed by atoms with Crippen LogP contribution in [0.15, 0.2) is 18.2 Å². The number of anilines is 1. The molecule has 0 bridgehead atoms. The van der Waals surface area contributed by atoms with Crippen LogP contribution in [0.3, 0.4) is 0 Å². The molecular weight excluding hydrogens is 243 g/mol. The lowest BCUT2D eigenvalue weighted by Crippen LogP contribution is -2.63. The van der Waals surface area contributed by atoms with Crippen molar-refractivity contribution in [3.63, 3.8) is 0 Å². The first-order chi connectivity index (χ1) is 9.29. The number of nitriles is 1. The van der Waals surface area contributed by atoms with Crippen molar-refractivity contribution >= 4 is 5.69 Å². The lowest BCUT2D eigenvalue weighted by atomic mass is 10.0. The largest absolute Gasteiger partial charge is 0.367 e. The van der Waals surface area contributed by atoms with E-state index < -0.39 is 5.82 Å². The van der Waals surface area contributed by atoms with Gasteiger partial charge in [-0.1, -0.05) is 6.07 Å². The predicted octanol–water partition coefficient (Wildman–Crippen LogP) is 0.791. The minimum Gasteiger partial charge on any atom is -0.367 e. The van der Waals surface area contributed by atoms with Gasteiger partial charge in [-0.25, -0.2) is 4.39 Å². The van der Waals surface area contributed by atoms with Gasteiger partial charge in [-0.15, -0.1) is 0 Å². The summed E-state index contributed by atoms with van der Waals surface area (Å²) >= 11 is 0. The molecule has 2 heterocycles. The third-order valence-electron chi connectivity index (χ3n) is 3.97. The van der Waals surface area contributed by atoms with E-state index in [2.05, 4.69) is 15.1 Å². The number of benzene rings is 1. The number of nitrogens with zero attached hydrogens (tertiary/aromatic N) is 3. The summed E-state index contributed by atoms with van der Waals surface area (Å²) in [6, 6.07) is 7.35. The van der Waals surface area contributed by atoms with Crippen molar-refractivity contribution in [2.75, 3.05) is 44.2 Å². The predicted molar refractivity (Wildman–Crippen MR) is 71.6 cm³/mol. The van der Waals surface area contributed by atoms with E-state index >= 15 is 0 Å². The summed E-state index contributed by atoms with van der Waals surface area (Å²) in [4.78, 5) is 4.56. The summed E-state index contributed by atoms with van der Waals surface area (Å²) in [7, 11) is 0. The Kier molecular flexibility index (Phi) is 3.36. The highest BCUT2D eigenvalue weighted by Gasteiger charge is 2.33. The molecule has 0 radical (unpaired) electrons. The number of hydrogen-bond donors (Lipinski definition) is 1. The average molecular weight is 260 g/mol. The Morgan fingerprint density at radius 1 is 1.26 bits per heavy atom. The van der Waals surface area contributed by atoms with Crippen molar-refractivity contribution in [3.05, 3.63) is 29.6 Å². The molecule has 1 aromatic carbocycles. The van der Waals surface area contributed by atoms with Gasteiger partial charge in [0.25, 0.3) is 0 Å². The molecule has 0 saturated carbocycles. The molecule has 0 atom stereocenters. The first kappa shape index (κ1) is 12.4. The molecule has 2 aliphatic heterocycles. The molecule has 19 heavy (non-hydrogen) atoms. The van der Waals surface area contributed by atoms with Gasteiger partial charge in [-0.2, -0.15) is 5.26 Å². The second kappa shape index (κ2) is 5.16. The zero-order valence-electron chi connectivity index (χ0n) is 10.8. The van der Waals surface area contributed by atoms with Gasteiger partial charge in [0.05, 0.1) is 5.69 Å². The summed E-state index contributed by atoms with van der Waals surface area (Å²) in [6.07, 6.45) is 0. The number of rotatable bonds is 2. The first-order valence-electron chi connectivity index (χ1n) is 6.68. The molecule has 0 aliphatic carbocycles. The van der Waals surface area contributed by atoms with Crippen molar-refractivity contribution in [2.24, 2.45) is 0 Å². The molecule has 1 aromatic rings. The Hall–Kier alpha value is -1.64. The topological polar surface area (TPSA) is 42.3 Å². The summed E-state index contributed by atoms with van der Waals surface area (Å²) < 4.78 is 13.6. The van der Waals surface area contributed by atoms with E-state index in [1.165, 1.54) is 6.07 Å². The molecule has 0 amide bonds. The average Bonchev–Trinajstić information content (AvgIpc) is 2.38. The molecule has 1 N–H and O–H groups in total. The lowest BCUT2D eigenvalue weighted by Gasteiger charge is -2.48. The summed E-state index contributed by atoms with van der Waals surface area (Å²) in [5.74, 6) is -0.425. The Labute approximate surface area is 112 Å². The van der Waals surface area contributed by atoms with E-state index in [0.29, 0.717) is 6.04 Å². The second-order valence-corrected chi connectivity index (χ2v) is 5.09. The zero-order chi connectivity index (χ0) is 13.2. The Bertz CT molecular complexity index is 499. The molecular formula is C14H17FN4. The monoisotopic (exact) mass is 260 g/mol. The van der Waals surface area contributed by atoms with Gasteiger partial charge >= 0.3 is 0 Å². The smallest absolute Gasteiger partial charge is 0.143 e. The molecule has 2 aliphatic rings. The van der Waals surface area contributed by atoms with E-state index in [9.17, 15) is 4.39 Å². The third kappa shape index (κ3) is 2.29. The summed E-state index contributed by atoms with van der Waals surface area (Å²) in [6.45, 7) is 6.01. The maximum atomic E-state index is 13.6. The van der Waals surface area contributed by atoms with E-state index in [1.54, 1.807) is 6.07 Å². The fraction of sp³-hybridized carbons (Fsp3) is 0.500. The van der Waals surface area contributed by atoms with Gasteiger partial charge in [-0.3, -0.25) is 4.90 Å². The van der Waals surface area contributed by atoms with Crippen molar-refractivity contribution in [2.45, 2.75) is 6.04 Å². The van der Waals surface area contributed by atoms with Crippen LogP contribution < -0.4 is 10.2 Å². The maximum Gasteiger partial charge on any atom is 0.143 e. The van der Waals surface area contributed by atoms with Crippen LogP contribution in [0.1, 0.15) is 5.56 Å². The van der Waals surface area contributed by atoms with E-state index in [-0.39, 0.29) is 5.56 Å². The van der Waals surface area contributed by atoms with Gasteiger partial charge in [-0.05, 0) is 12.1 Å². The molecule has 0 unspecified atom stereocenters. The zero-order valence-corrected chi connectivity index (χ0v) is 10.8. The van der Waals surface area contributed by atoms with E-state index in [0.717, 1.165) is 45.0 Å². The molecule has 5 heteroatoms. The van der Waals surface area contributed by atoms with Gasteiger partial charge in [0.15, 0.2) is 0 Å². The molecule has 4 nitrogen and oxygen atoms in total. The van der Waals surface area contributed by atoms with Crippen LogP contribution in [0.25, 0.3) is 0 Å². The fourth-order valence-corrected chi connectivity index (χ4v) is 2.82. The Morgan fingerprint density at radius 2 is 2.00 bits per heavy atom. The minimum absolute atomic E-state index is 0.168. The molecule has 0 spiro atoms. The quantitative estimate of drug-likeness (QED) is 0.854. The summed E-state index contributed by atoms with van der Waals surface area (Å²) in [5.41, 5.74) is 0.898. The molecule has 0 aromatic heterocycles. The van der Waals surface area contributed by atoms with Crippen LogP contribution in [0.4, 0.5) is 10.1 Å². The van der Waals surface area contributed by atoms with Crippen molar-refractivity contribution in [1.29, 1.82) is 5.26 Å². The highest BCUT2D eigenvalue weighted by molar-refractivity contribution is 5.61. The van der Waals surface area contributed by atoms with Crippen LogP contribution in [-0.4, -0.2) is 50.2 Å². The molecule has 2 saturated heterocycles. The van der Waals surface area contributed by atoms with Crippen molar-refractivity contribution in [1.82, 2.24) is 10.2 Å². The van der Waals surface area contributed by atoms with Crippen LogP contribution >= 0.6 is 0 Å². The van der Waals surface area contributed by atoms with Crippen LogP contribution in [0.2, 0.25) is 0 Å². The number of nitrogens with one attached hydrogen (secondary N) is 1. The number of hydrogen-bond acceptors (Lipinski definition) is 4. The second-order valence-electron chi connectivity index (χ2n) is 5.09. The van der Waals surface area contributed by atoms with Crippen molar-refractivity contribution < 1.29 is 4.39 Å². The van der Waals surface area contributed by atoms with Crippen LogP contribution in [0.5, 0.6) is 0 Å². The number of halogens is 1. The standard InChI is InChI=1S/C14H17FN4/c15-13-2-1-3-14(12(13)8-16)19-9-11(10-19)18-6-4-17-5-7-18/h1-3,11,17H,4-7,9-10H2. The highest BCUT2D eigenvalue weighted by atomic mass is 19.1. The van der Waals surface area contributed by atoms with E-state index in [1.807, 2.05) is 12.1 Å². The number of piperazine rings is 1. The highest BCUT2D eigenvalue weighted by Crippen LogP contribution is 2.28. The fourth-order valence-electron chi connectivity index (χ4n) is 2.82. The Balaban J connectivity index is 1.67. The summed E-state index contributed by atoms with van der Waals surface area (Å²) in [5, 5.41) is 12.4. The van der Waals surface area contributed by atoms with Crippen molar-refractivity contribution in [3.8, 4) is 6.07 Å². The van der Waals surface area contributed by atoms with Gasteiger partial charge < -0.3 is 10.2 Å². The van der Waals surface area contributed by atoms with E-state index in [4.69, 9.17) is 5.26 Å². The van der Waals surface area contributed by atoms with Gasteiger partial charge in [0, 0.05) is 45.3 Å². The Morgan fingerprint density at radius 3 is 2.68 bits per heavy atom. The van der Waals surface area contributed by atoms with Gasteiger partial charge in [0.2, 0.25) is 0 Å². The lowest BCUT2D eigenvalue weighted by molar-refractivity contribution is 0.147. The SMILES string of the molecule is N#Cc1c(F)cccc1N1CC(N2CCNCC2)C1. The molecule has 100 valence electrons. The van der Waals surface area contributed by atoms with Gasteiger partial charge in [0.1, 0.15) is 17.4 Å². The first-order valence-corrected chi connectivity index (χ1v) is 6.68. The minimum atomic E-state index is -0.425. The molecule has 3 rings (SSSR count). The van der Waals surface area contributed by atoms with Crippen LogP contribution in [0, 0.1) is 17.1 Å². The molecule has 2 fully saturated rings. The van der Waals surface area contributed by atoms with Crippen LogP contribution in [-0.2, 0) is 0 Å².